The molecule has 1 atom stereocenters. The van der Waals surface area contributed by atoms with Crippen LogP contribution < -0.4 is 0 Å². The summed E-state index contributed by atoms with van der Waals surface area (Å²) in [4.78, 5) is 38.0. The highest BCUT2D eigenvalue weighted by Gasteiger charge is 2.19. The van der Waals surface area contributed by atoms with Gasteiger partial charge in [0.1, 0.15) is 13.2 Å². The van der Waals surface area contributed by atoms with Crippen LogP contribution in [0, 0.1) is 0 Å². The minimum Gasteiger partial charge on any atom is -0.462 e. The Hall–Kier alpha value is -2.89. The second kappa shape index (κ2) is 51.7. The maximum absolute atomic E-state index is 12.8. The van der Waals surface area contributed by atoms with Crippen molar-refractivity contribution in [2.75, 3.05) is 13.2 Å². The smallest absolute Gasteiger partial charge is 0.306 e. The molecule has 0 rings (SSSR count). The molecule has 63 heavy (non-hydrogen) atoms. The largest absolute Gasteiger partial charge is 0.462 e. The van der Waals surface area contributed by atoms with E-state index in [4.69, 9.17) is 14.2 Å². The second-order valence-corrected chi connectivity index (χ2v) is 17.8. The number of carbonyl (C=O) groups is 3. The zero-order valence-electron chi connectivity index (χ0n) is 41.6. The van der Waals surface area contributed by atoms with Crippen LogP contribution in [0.5, 0.6) is 0 Å². The zero-order valence-corrected chi connectivity index (χ0v) is 41.6. The van der Waals surface area contributed by atoms with Crippen LogP contribution in [-0.2, 0) is 28.6 Å². The lowest BCUT2D eigenvalue weighted by atomic mass is 10.0. The number of carbonyl (C=O) groups excluding carboxylic acids is 3. The Labute approximate surface area is 390 Å². The van der Waals surface area contributed by atoms with Gasteiger partial charge in [-0.25, -0.2) is 0 Å². The predicted octanol–water partition coefficient (Wildman–Crippen LogP) is 17.6. The van der Waals surface area contributed by atoms with Gasteiger partial charge in [0, 0.05) is 19.3 Å². The first-order valence-electron chi connectivity index (χ1n) is 26.8. The molecule has 6 heteroatoms. The van der Waals surface area contributed by atoms with Crippen LogP contribution in [-0.4, -0.2) is 37.2 Å². The molecule has 0 aliphatic rings. The lowest BCUT2D eigenvalue weighted by Crippen LogP contribution is -2.30. The molecule has 0 radical (unpaired) electrons. The van der Waals surface area contributed by atoms with E-state index in [-0.39, 0.29) is 31.1 Å². The SMILES string of the molecule is CCCC/C=C\CCCCCCCC(=O)OC[C@H](COC(=O)CCCCC/C=C\C/C=C\C/C=C\C/C=C\CCCCC)OC(=O)CCCCCCCCCCCCCCCCC. The summed E-state index contributed by atoms with van der Waals surface area (Å²) in [6.45, 7) is 6.55. The number of rotatable bonds is 48. The highest BCUT2D eigenvalue weighted by molar-refractivity contribution is 5.71. The van der Waals surface area contributed by atoms with Crippen molar-refractivity contribution >= 4 is 17.9 Å². The molecular formula is C57H100O6. The van der Waals surface area contributed by atoms with Crippen LogP contribution in [0.15, 0.2) is 60.8 Å². The summed E-state index contributed by atoms with van der Waals surface area (Å²) in [5.41, 5.74) is 0. The molecule has 0 saturated carbocycles. The molecule has 0 amide bonds. The van der Waals surface area contributed by atoms with Crippen LogP contribution in [0.1, 0.15) is 265 Å². The maximum Gasteiger partial charge on any atom is 0.306 e. The van der Waals surface area contributed by atoms with Gasteiger partial charge in [-0.15, -0.1) is 0 Å². The van der Waals surface area contributed by atoms with E-state index < -0.39 is 6.10 Å². The molecule has 0 spiro atoms. The fourth-order valence-corrected chi connectivity index (χ4v) is 7.41. The van der Waals surface area contributed by atoms with Crippen molar-refractivity contribution in [3.8, 4) is 0 Å². The Kier molecular flexibility index (Phi) is 49.4. The molecule has 0 aromatic heterocycles. The molecule has 0 N–H and O–H groups in total. The van der Waals surface area contributed by atoms with Gasteiger partial charge in [-0.05, 0) is 83.5 Å². The Bertz CT molecular complexity index is 1150. The van der Waals surface area contributed by atoms with Gasteiger partial charge in [-0.1, -0.05) is 223 Å². The summed E-state index contributed by atoms with van der Waals surface area (Å²) in [5, 5.41) is 0. The number of esters is 3. The average Bonchev–Trinajstić information content (AvgIpc) is 3.28. The summed E-state index contributed by atoms with van der Waals surface area (Å²) < 4.78 is 16.8. The van der Waals surface area contributed by atoms with Crippen molar-refractivity contribution < 1.29 is 28.6 Å². The molecular weight excluding hydrogens is 781 g/mol. The second-order valence-electron chi connectivity index (χ2n) is 17.8. The van der Waals surface area contributed by atoms with Gasteiger partial charge in [0.2, 0.25) is 0 Å². The van der Waals surface area contributed by atoms with E-state index in [2.05, 4.69) is 81.5 Å². The van der Waals surface area contributed by atoms with Gasteiger partial charge >= 0.3 is 17.9 Å². The maximum atomic E-state index is 12.8. The summed E-state index contributed by atoms with van der Waals surface area (Å²) in [7, 11) is 0. The molecule has 0 heterocycles. The number of hydrogen-bond acceptors (Lipinski definition) is 6. The lowest BCUT2D eigenvalue weighted by molar-refractivity contribution is -0.167. The van der Waals surface area contributed by atoms with E-state index in [9.17, 15) is 14.4 Å². The van der Waals surface area contributed by atoms with Gasteiger partial charge in [0.15, 0.2) is 6.10 Å². The standard InChI is InChI=1S/C57H100O6/c1-4-7-10-13-16-19-22-24-26-27-28-29-31-32-35-38-41-44-47-50-56(59)62-53-54(52-61-55(58)49-46-43-40-37-34-21-18-15-12-9-6-3)63-57(60)51-48-45-42-39-36-33-30-25-23-20-17-14-11-8-5-2/h15-16,18-19,24,26,28-29,32,35,54H,4-14,17,20-23,25,27,30-31,33-34,36-53H2,1-3H3/b18-15-,19-16-,26-24-,29-28-,35-32-/t54-/m1/s1. The molecule has 0 aromatic carbocycles. The molecule has 0 bridgehead atoms. The molecule has 6 nitrogen and oxygen atoms in total. The van der Waals surface area contributed by atoms with E-state index >= 15 is 0 Å². The van der Waals surface area contributed by atoms with E-state index in [1.54, 1.807) is 0 Å². The third-order valence-corrected chi connectivity index (χ3v) is 11.5. The molecule has 0 fully saturated rings. The molecule has 0 saturated heterocycles. The Morgan fingerprint density at radius 2 is 0.587 bits per heavy atom. The van der Waals surface area contributed by atoms with Crippen molar-refractivity contribution in [3.05, 3.63) is 60.8 Å². The van der Waals surface area contributed by atoms with Crippen molar-refractivity contribution in [1.29, 1.82) is 0 Å². The van der Waals surface area contributed by atoms with Crippen LogP contribution in [0.2, 0.25) is 0 Å². The van der Waals surface area contributed by atoms with Crippen LogP contribution >= 0.6 is 0 Å². The third-order valence-electron chi connectivity index (χ3n) is 11.5. The fourth-order valence-electron chi connectivity index (χ4n) is 7.41. The first-order valence-corrected chi connectivity index (χ1v) is 26.8. The summed E-state index contributed by atoms with van der Waals surface area (Å²) in [5.74, 6) is -0.921. The zero-order chi connectivity index (χ0) is 45.8. The minimum absolute atomic E-state index is 0.0872. The minimum atomic E-state index is -0.787. The fraction of sp³-hybridized carbons (Fsp3) is 0.772. The molecule has 0 unspecified atom stereocenters. The summed E-state index contributed by atoms with van der Waals surface area (Å²) >= 11 is 0. The first kappa shape index (κ1) is 60.1. The van der Waals surface area contributed by atoms with Gasteiger partial charge in [-0.2, -0.15) is 0 Å². The van der Waals surface area contributed by atoms with E-state index in [1.165, 1.54) is 135 Å². The number of allylic oxidation sites excluding steroid dienone is 10. The van der Waals surface area contributed by atoms with Crippen LogP contribution in [0.3, 0.4) is 0 Å². The third kappa shape index (κ3) is 50.0. The van der Waals surface area contributed by atoms with Crippen molar-refractivity contribution in [3.63, 3.8) is 0 Å². The molecule has 364 valence electrons. The van der Waals surface area contributed by atoms with Gasteiger partial charge in [-0.3, -0.25) is 14.4 Å². The van der Waals surface area contributed by atoms with Gasteiger partial charge in [0.05, 0.1) is 0 Å². The Morgan fingerprint density at radius 3 is 1.00 bits per heavy atom. The van der Waals surface area contributed by atoms with E-state index in [1.807, 2.05) is 0 Å². The van der Waals surface area contributed by atoms with Gasteiger partial charge in [0.25, 0.3) is 0 Å². The highest BCUT2D eigenvalue weighted by atomic mass is 16.6. The van der Waals surface area contributed by atoms with E-state index in [0.29, 0.717) is 19.3 Å². The van der Waals surface area contributed by atoms with Crippen molar-refractivity contribution in [2.45, 2.75) is 271 Å². The summed E-state index contributed by atoms with van der Waals surface area (Å²) in [6, 6.07) is 0. The van der Waals surface area contributed by atoms with Gasteiger partial charge < -0.3 is 14.2 Å². The number of ether oxygens (including phenoxy) is 3. The van der Waals surface area contributed by atoms with Crippen LogP contribution in [0.4, 0.5) is 0 Å². The number of hydrogen-bond donors (Lipinski definition) is 0. The van der Waals surface area contributed by atoms with Crippen molar-refractivity contribution in [1.82, 2.24) is 0 Å². The Morgan fingerprint density at radius 1 is 0.317 bits per heavy atom. The highest BCUT2D eigenvalue weighted by Crippen LogP contribution is 2.15. The molecule has 0 aliphatic heterocycles. The predicted molar refractivity (Wildman–Crippen MR) is 270 cm³/mol. The lowest BCUT2D eigenvalue weighted by Gasteiger charge is -2.18. The van der Waals surface area contributed by atoms with Crippen molar-refractivity contribution in [2.24, 2.45) is 0 Å². The Balaban J connectivity index is 4.40. The number of unbranched alkanes of at least 4 members (excludes halogenated alkanes) is 27. The molecule has 0 aromatic rings. The monoisotopic (exact) mass is 881 g/mol. The molecule has 0 aliphatic carbocycles. The quantitative estimate of drug-likeness (QED) is 0.0262. The first-order chi connectivity index (χ1) is 31.0. The topological polar surface area (TPSA) is 78.9 Å². The normalized spacial score (nSPS) is 12.5. The van der Waals surface area contributed by atoms with E-state index in [0.717, 1.165) is 89.9 Å². The summed E-state index contributed by atoms with van der Waals surface area (Å²) in [6.07, 6.45) is 63.5. The average molecular weight is 881 g/mol. The van der Waals surface area contributed by atoms with Crippen LogP contribution in [0.25, 0.3) is 0 Å².